The summed E-state index contributed by atoms with van der Waals surface area (Å²) in [6.07, 6.45) is 0. The molecule has 0 radical (unpaired) electrons. The summed E-state index contributed by atoms with van der Waals surface area (Å²) in [5.41, 5.74) is 0.992. The molecule has 2 rings (SSSR count). The average molecular weight is 293 g/mol. The summed E-state index contributed by atoms with van der Waals surface area (Å²) in [5.74, 6) is -0.380. The highest BCUT2D eigenvalue weighted by atomic mass is 35.5. The molecular weight excluding hydrogens is 280 g/mol. The van der Waals surface area contributed by atoms with E-state index in [0.717, 1.165) is 5.69 Å². The van der Waals surface area contributed by atoms with Crippen molar-refractivity contribution in [2.24, 2.45) is 0 Å². The number of aromatic carboxylic acids is 1. The first-order valence-corrected chi connectivity index (χ1v) is 6.19. The second kappa shape index (κ2) is 5.79. The number of hydrogen-bond acceptors (Lipinski definition) is 4. The van der Waals surface area contributed by atoms with Gasteiger partial charge in [0.2, 0.25) is 5.88 Å². The second-order valence-corrected chi connectivity index (χ2v) is 4.70. The molecule has 1 aromatic heterocycles. The lowest BCUT2D eigenvalue weighted by Crippen LogP contribution is -2.08. The van der Waals surface area contributed by atoms with E-state index in [1.165, 1.54) is 12.1 Å². The molecule has 1 aromatic carbocycles. The Bertz CT molecular complexity index is 644. The molecule has 0 aliphatic carbocycles. The fourth-order valence-electron chi connectivity index (χ4n) is 1.59. The maximum atomic E-state index is 11.0. The monoisotopic (exact) mass is 292 g/mol. The van der Waals surface area contributed by atoms with Crippen molar-refractivity contribution in [1.82, 2.24) is 4.98 Å². The van der Waals surface area contributed by atoms with Crippen molar-refractivity contribution in [1.29, 1.82) is 0 Å². The Morgan fingerprint density at radius 3 is 2.70 bits per heavy atom. The Morgan fingerprint density at radius 1 is 1.30 bits per heavy atom. The third-order valence-electron chi connectivity index (χ3n) is 2.57. The van der Waals surface area contributed by atoms with E-state index >= 15 is 0 Å². The van der Waals surface area contributed by atoms with Gasteiger partial charge in [-0.2, -0.15) is 0 Å². The quantitative estimate of drug-likeness (QED) is 0.876. The summed E-state index contributed by atoms with van der Waals surface area (Å²) in [4.78, 5) is 16.8. The number of carboxylic acids is 1. The zero-order valence-corrected chi connectivity index (χ0v) is 11.8. The predicted molar refractivity (Wildman–Crippen MR) is 77.0 cm³/mol. The van der Waals surface area contributed by atoms with E-state index in [2.05, 4.69) is 4.98 Å². The largest absolute Gasteiger partial charge is 0.478 e. The fraction of sp³-hybridized carbons (Fsp3) is 0.143. The zero-order chi connectivity index (χ0) is 14.7. The molecule has 5 nitrogen and oxygen atoms in total. The summed E-state index contributed by atoms with van der Waals surface area (Å²) < 4.78 is 5.56. The summed E-state index contributed by atoms with van der Waals surface area (Å²) in [5, 5.41) is 9.04. The molecule has 0 unspecified atom stereocenters. The normalized spacial score (nSPS) is 10.2. The molecule has 0 fully saturated rings. The Hall–Kier alpha value is -2.27. The molecule has 0 aliphatic rings. The van der Waals surface area contributed by atoms with Gasteiger partial charge < -0.3 is 14.7 Å². The van der Waals surface area contributed by atoms with E-state index in [9.17, 15) is 4.79 Å². The van der Waals surface area contributed by atoms with Crippen molar-refractivity contribution < 1.29 is 14.6 Å². The van der Waals surface area contributed by atoms with Gasteiger partial charge in [0, 0.05) is 31.9 Å². The van der Waals surface area contributed by atoms with E-state index < -0.39 is 5.97 Å². The van der Waals surface area contributed by atoms with Crippen LogP contribution in [-0.4, -0.2) is 30.2 Å². The van der Waals surface area contributed by atoms with Gasteiger partial charge >= 0.3 is 5.97 Å². The molecule has 2 aromatic rings. The maximum absolute atomic E-state index is 11.0. The van der Waals surface area contributed by atoms with Gasteiger partial charge in [0.25, 0.3) is 0 Å². The number of ether oxygens (including phenoxy) is 1. The number of aromatic nitrogens is 1. The summed E-state index contributed by atoms with van der Waals surface area (Å²) in [6, 6.07) is 9.96. The van der Waals surface area contributed by atoms with Crippen LogP contribution in [0.15, 0.2) is 36.4 Å². The van der Waals surface area contributed by atoms with Crippen LogP contribution < -0.4 is 9.64 Å². The van der Waals surface area contributed by atoms with Gasteiger partial charge in [-0.25, -0.2) is 9.78 Å². The van der Waals surface area contributed by atoms with Crippen molar-refractivity contribution in [3.63, 3.8) is 0 Å². The van der Waals surface area contributed by atoms with Crippen LogP contribution in [0.2, 0.25) is 5.15 Å². The maximum Gasteiger partial charge on any atom is 0.335 e. The van der Waals surface area contributed by atoms with Gasteiger partial charge in [0.05, 0.1) is 5.56 Å². The molecule has 0 bridgehead atoms. The van der Waals surface area contributed by atoms with Crippen LogP contribution in [-0.2, 0) is 0 Å². The lowest BCUT2D eigenvalue weighted by atomic mass is 10.2. The third kappa shape index (κ3) is 3.39. The lowest BCUT2D eigenvalue weighted by molar-refractivity contribution is 0.0696. The molecule has 0 atom stereocenters. The van der Waals surface area contributed by atoms with Crippen molar-refractivity contribution >= 4 is 23.3 Å². The first kappa shape index (κ1) is 14.1. The topological polar surface area (TPSA) is 62.7 Å². The predicted octanol–water partition coefficient (Wildman–Crippen LogP) is 3.29. The van der Waals surface area contributed by atoms with E-state index in [4.69, 9.17) is 21.4 Å². The number of carbonyl (C=O) groups is 1. The molecular formula is C14H13ClN2O3. The minimum Gasteiger partial charge on any atom is -0.478 e. The standard InChI is InChI=1S/C14H13ClN2O3/c1-17(2)10-4-3-5-11(8-10)20-13-7-9(14(18)19)6-12(15)16-13/h3-8H,1-2H3,(H,18,19). The fourth-order valence-corrected chi connectivity index (χ4v) is 1.80. The minimum atomic E-state index is -1.08. The summed E-state index contributed by atoms with van der Waals surface area (Å²) in [6.45, 7) is 0. The average Bonchev–Trinajstić information content (AvgIpc) is 2.38. The SMILES string of the molecule is CN(C)c1cccc(Oc2cc(C(=O)O)cc(Cl)n2)c1. The summed E-state index contributed by atoms with van der Waals surface area (Å²) in [7, 11) is 3.83. The van der Waals surface area contributed by atoms with Crippen LogP contribution in [0, 0.1) is 0 Å². The Labute approximate surface area is 121 Å². The molecule has 6 heteroatoms. The highest BCUT2D eigenvalue weighted by Crippen LogP contribution is 2.25. The smallest absolute Gasteiger partial charge is 0.335 e. The van der Waals surface area contributed by atoms with Crippen molar-refractivity contribution in [3.05, 3.63) is 47.1 Å². The molecule has 1 N–H and O–H groups in total. The van der Waals surface area contributed by atoms with Crippen molar-refractivity contribution in [3.8, 4) is 11.6 Å². The van der Waals surface area contributed by atoms with Crippen LogP contribution in [0.4, 0.5) is 5.69 Å². The van der Waals surface area contributed by atoms with Gasteiger partial charge in [-0.3, -0.25) is 0 Å². The van der Waals surface area contributed by atoms with E-state index in [-0.39, 0.29) is 16.6 Å². The van der Waals surface area contributed by atoms with Gasteiger partial charge in [-0.1, -0.05) is 17.7 Å². The molecule has 1 heterocycles. The highest BCUT2D eigenvalue weighted by molar-refractivity contribution is 6.29. The van der Waals surface area contributed by atoms with E-state index in [1.807, 2.05) is 37.2 Å². The van der Waals surface area contributed by atoms with Crippen LogP contribution >= 0.6 is 11.6 Å². The van der Waals surface area contributed by atoms with Crippen LogP contribution in [0.25, 0.3) is 0 Å². The molecule has 0 spiro atoms. The van der Waals surface area contributed by atoms with Crippen LogP contribution in [0.1, 0.15) is 10.4 Å². The highest BCUT2D eigenvalue weighted by Gasteiger charge is 2.09. The molecule has 0 saturated heterocycles. The van der Waals surface area contributed by atoms with Gasteiger partial charge in [0.1, 0.15) is 10.9 Å². The number of nitrogens with zero attached hydrogens (tertiary/aromatic N) is 2. The summed E-state index contributed by atoms with van der Waals surface area (Å²) >= 11 is 5.78. The third-order valence-corrected chi connectivity index (χ3v) is 2.77. The molecule has 0 saturated carbocycles. The zero-order valence-electron chi connectivity index (χ0n) is 11.0. The molecule has 0 aliphatic heterocycles. The number of halogens is 1. The number of carboxylic acid groups (broad SMARTS) is 1. The number of anilines is 1. The number of benzene rings is 1. The van der Waals surface area contributed by atoms with E-state index in [1.54, 1.807) is 6.07 Å². The Morgan fingerprint density at radius 2 is 2.05 bits per heavy atom. The molecule has 0 amide bonds. The number of rotatable bonds is 4. The van der Waals surface area contributed by atoms with Crippen LogP contribution in [0.5, 0.6) is 11.6 Å². The first-order chi connectivity index (χ1) is 9.45. The Balaban J connectivity index is 2.30. The number of pyridine rings is 1. The van der Waals surface area contributed by atoms with Gasteiger partial charge in [-0.05, 0) is 18.2 Å². The van der Waals surface area contributed by atoms with Crippen molar-refractivity contribution in [2.45, 2.75) is 0 Å². The van der Waals surface area contributed by atoms with Crippen molar-refractivity contribution in [2.75, 3.05) is 19.0 Å². The van der Waals surface area contributed by atoms with Crippen LogP contribution in [0.3, 0.4) is 0 Å². The Kier molecular flexibility index (Phi) is 4.10. The number of hydrogen-bond donors (Lipinski definition) is 1. The first-order valence-electron chi connectivity index (χ1n) is 5.82. The second-order valence-electron chi connectivity index (χ2n) is 4.32. The van der Waals surface area contributed by atoms with Gasteiger partial charge in [-0.15, -0.1) is 0 Å². The molecule has 20 heavy (non-hydrogen) atoms. The lowest BCUT2D eigenvalue weighted by Gasteiger charge is -2.13. The molecule has 104 valence electrons. The minimum absolute atomic E-state index is 0.0313. The van der Waals surface area contributed by atoms with Gasteiger partial charge in [0.15, 0.2) is 0 Å². The van der Waals surface area contributed by atoms with E-state index in [0.29, 0.717) is 5.75 Å².